The highest BCUT2D eigenvalue weighted by atomic mass is 35.5. The Hall–Kier alpha value is -1.53. The average molecular weight is 314 g/mol. The fourth-order valence-corrected chi connectivity index (χ4v) is 2.97. The predicted molar refractivity (Wildman–Crippen MR) is 79.2 cm³/mol. The maximum absolute atomic E-state index is 12.5. The predicted octanol–water partition coefficient (Wildman–Crippen LogP) is 0.782. The molecule has 1 aliphatic rings. The van der Waals surface area contributed by atoms with Gasteiger partial charge >= 0.3 is 0 Å². The van der Waals surface area contributed by atoms with Crippen molar-refractivity contribution in [3.8, 4) is 0 Å². The highest BCUT2D eigenvalue weighted by molar-refractivity contribution is 6.31. The minimum Gasteiger partial charge on any atom is -0.388 e. The molecule has 1 aromatic heterocycles. The molecule has 0 bridgehead atoms. The largest absolute Gasteiger partial charge is 0.388 e. The van der Waals surface area contributed by atoms with Crippen molar-refractivity contribution in [1.29, 1.82) is 0 Å². The summed E-state index contributed by atoms with van der Waals surface area (Å²) in [6, 6.07) is 1.61. The third kappa shape index (κ3) is 3.57. The number of rotatable bonds is 3. The maximum Gasteiger partial charge on any atom is 0.270 e. The summed E-state index contributed by atoms with van der Waals surface area (Å²) >= 11 is 5.90. The number of aliphatic hydroxyl groups is 1. The van der Waals surface area contributed by atoms with Crippen LogP contribution in [0, 0.1) is 0 Å². The Bertz CT molecular complexity index is 558. The van der Waals surface area contributed by atoms with Crippen LogP contribution in [0.4, 0.5) is 0 Å². The highest BCUT2D eigenvalue weighted by Crippen LogP contribution is 2.26. The number of aromatic nitrogens is 1. The van der Waals surface area contributed by atoms with E-state index in [0.29, 0.717) is 30.1 Å². The second-order valence-corrected chi connectivity index (χ2v) is 6.00. The lowest BCUT2D eigenvalue weighted by molar-refractivity contribution is -0.127. The molecule has 1 saturated heterocycles. The van der Waals surface area contributed by atoms with Crippen LogP contribution < -0.4 is 5.32 Å². The summed E-state index contributed by atoms with van der Waals surface area (Å²) in [4.78, 5) is 25.6. The molecule has 1 unspecified atom stereocenters. The van der Waals surface area contributed by atoms with Gasteiger partial charge in [0, 0.05) is 26.8 Å². The number of carbonyl (C=O) groups is 2. The van der Waals surface area contributed by atoms with Gasteiger partial charge in [0.25, 0.3) is 5.91 Å². The van der Waals surface area contributed by atoms with Crippen LogP contribution in [0.15, 0.2) is 12.3 Å². The number of piperidine rings is 1. The molecule has 1 atom stereocenters. The minimum absolute atomic E-state index is 0.00116. The number of hydrogen-bond donors (Lipinski definition) is 2. The van der Waals surface area contributed by atoms with Crippen molar-refractivity contribution in [2.45, 2.75) is 24.9 Å². The Balaban J connectivity index is 2.12. The fourth-order valence-electron chi connectivity index (χ4n) is 2.72. The monoisotopic (exact) mass is 313 g/mol. The minimum atomic E-state index is -1.16. The number of likely N-dealkylation sites (tertiary alicyclic amines) is 1. The summed E-state index contributed by atoms with van der Waals surface area (Å²) in [5, 5.41) is 13.5. The summed E-state index contributed by atoms with van der Waals surface area (Å²) in [6.45, 7) is 0.722. The zero-order chi connectivity index (χ0) is 15.6. The number of nitrogens with one attached hydrogen (secondary N) is 1. The number of aryl methyl sites for hydroxylation is 1. The topological polar surface area (TPSA) is 74.6 Å². The van der Waals surface area contributed by atoms with Crippen molar-refractivity contribution in [3.05, 3.63) is 23.0 Å². The number of hydrogen-bond acceptors (Lipinski definition) is 3. The first kappa shape index (κ1) is 15.9. The Morgan fingerprint density at radius 2 is 2.24 bits per heavy atom. The third-order valence-corrected chi connectivity index (χ3v) is 4.01. The van der Waals surface area contributed by atoms with Gasteiger partial charge in [-0.25, -0.2) is 0 Å². The molecule has 116 valence electrons. The molecule has 0 saturated carbocycles. The third-order valence-electron chi connectivity index (χ3n) is 3.80. The number of amides is 2. The van der Waals surface area contributed by atoms with E-state index in [1.807, 2.05) is 0 Å². The summed E-state index contributed by atoms with van der Waals surface area (Å²) in [6.07, 6.45) is 2.84. The molecule has 2 rings (SSSR count). The van der Waals surface area contributed by atoms with Crippen LogP contribution in [0.3, 0.4) is 0 Å². The molecule has 0 aliphatic carbocycles. The van der Waals surface area contributed by atoms with E-state index in [0.717, 1.165) is 0 Å². The van der Waals surface area contributed by atoms with Crippen LogP contribution in [0.5, 0.6) is 0 Å². The Morgan fingerprint density at radius 3 is 2.81 bits per heavy atom. The van der Waals surface area contributed by atoms with Crippen LogP contribution in [0.25, 0.3) is 0 Å². The van der Waals surface area contributed by atoms with Gasteiger partial charge in [-0.1, -0.05) is 11.6 Å². The van der Waals surface area contributed by atoms with E-state index in [-0.39, 0.29) is 24.8 Å². The van der Waals surface area contributed by atoms with Gasteiger partial charge < -0.3 is 19.9 Å². The highest BCUT2D eigenvalue weighted by Gasteiger charge is 2.37. The first-order valence-electron chi connectivity index (χ1n) is 6.89. The summed E-state index contributed by atoms with van der Waals surface area (Å²) in [5.41, 5.74) is -0.688. The van der Waals surface area contributed by atoms with Crippen molar-refractivity contribution >= 4 is 23.4 Å². The van der Waals surface area contributed by atoms with Crippen molar-refractivity contribution < 1.29 is 14.7 Å². The van der Waals surface area contributed by atoms with Gasteiger partial charge in [-0.15, -0.1) is 0 Å². The SMILES string of the molecule is CNC(=O)CC1(O)CCCN(C(=O)c2cc(Cl)cn2C)C1. The van der Waals surface area contributed by atoms with Crippen molar-refractivity contribution in [3.63, 3.8) is 0 Å². The standard InChI is InChI=1S/C14H20ClN3O3/c1-16-12(19)7-14(21)4-3-5-18(9-14)13(20)11-6-10(15)8-17(11)2/h6,8,21H,3-5,7,9H2,1-2H3,(H,16,19). The zero-order valence-electron chi connectivity index (χ0n) is 12.2. The number of nitrogens with zero attached hydrogens (tertiary/aromatic N) is 2. The smallest absolute Gasteiger partial charge is 0.270 e. The summed E-state index contributed by atoms with van der Waals surface area (Å²) in [7, 11) is 3.28. The normalized spacial score (nSPS) is 22.2. The Kier molecular flexibility index (Phi) is 4.58. The lowest BCUT2D eigenvalue weighted by Gasteiger charge is -2.38. The Labute approximate surface area is 128 Å². The molecule has 1 aromatic rings. The summed E-state index contributed by atoms with van der Waals surface area (Å²) in [5.74, 6) is -0.409. The van der Waals surface area contributed by atoms with Crippen molar-refractivity contribution in [1.82, 2.24) is 14.8 Å². The molecular formula is C14H20ClN3O3. The van der Waals surface area contributed by atoms with Gasteiger partial charge in [0.05, 0.1) is 23.6 Å². The first-order valence-corrected chi connectivity index (χ1v) is 7.26. The second-order valence-electron chi connectivity index (χ2n) is 5.56. The maximum atomic E-state index is 12.5. The van der Waals surface area contributed by atoms with Crippen LogP contribution >= 0.6 is 11.6 Å². The lowest BCUT2D eigenvalue weighted by atomic mass is 9.89. The fraction of sp³-hybridized carbons (Fsp3) is 0.571. The van der Waals surface area contributed by atoms with Crippen LogP contribution in [-0.2, 0) is 11.8 Å². The van der Waals surface area contributed by atoms with Gasteiger partial charge in [-0.3, -0.25) is 9.59 Å². The van der Waals surface area contributed by atoms with Crippen LogP contribution in [0.2, 0.25) is 5.02 Å². The van der Waals surface area contributed by atoms with Crippen LogP contribution in [0.1, 0.15) is 29.8 Å². The molecule has 2 amide bonds. The van der Waals surface area contributed by atoms with E-state index in [4.69, 9.17) is 11.6 Å². The van der Waals surface area contributed by atoms with E-state index >= 15 is 0 Å². The van der Waals surface area contributed by atoms with E-state index in [2.05, 4.69) is 5.32 Å². The number of carbonyl (C=O) groups excluding carboxylic acids is 2. The van der Waals surface area contributed by atoms with Gasteiger partial charge in [-0.05, 0) is 18.9 Å². The second kappa shape index (κ2) is 6.07. The molecule has 0 spiro atoms. The van der Waals surface area contributed by atoms with E-state index in [9.17, 15) is 14.7 Å². The van der Waals surface area contributed by atoms with Gasteiger partial charge in [0.1, 0.15) is 5.69 Å². The quantitative estimate of drug-likeness (QED) is 0.866. The van der Waals surface area contributed by atoms with Gasteiger partial charge in [0.2, 0.25) is 5.91 Å². The van der Waals surface area contributed by atoms with E-state index in [1.54, 1.807) is 28.8 Å². The zero-order valence-corrected chi connectivity index (χ0v) is 13.0. The molecule has 0 radical (unpaired) electrons. The molecule has 2 heterocycles. The molecule has 1 fully saturated rings. The lowest BCUT2D eigenvalue weighted by Crippen LogP contribution is -2.52. The Morgan fingerprint density at radius 1 is 1.52 bits per heavy atom. The van der Waals surface area contributed by atoms with Crippen LogP contribution in [-0.4, -0.2) is 52.1 Å². The van der Waals surface area contributed by atoms with Crippen molar-refractivity contribution in [2.24, 2.45) is 7.05 Å². The molecule has 0 aromatic carbocycles. The van der Waals surface area contributed by atoms with Gasteiger partial charge in [-0.2, -0.15) is 0 Å². The average Bonchev–Trinajstić information content (AvgIpc) is 2.76. The molecule has 2 N–H and O–H groups in total. The summed E-state index contributed by atoms with van der Waals surface area (Å²) < 4.78 is 1.66. The molecule has 6 nitrogen and oxygen atoms in total. The molecule has 1 aliphatic heterocycles. The number of halogens is 1. The van der Waals surface area contributed by atoms with Gasteiger partial charge in [0.15, 0.2) is 0 Å². The number of β-amino-alcohol motifs (C(OH)–C–C–N with tert-alkyl or cyclic N) is 1. The first-order chi connectivity index (χ1) is 9.84. The van der Waals surface area contributed by atoms with E-state index in [1.165, 1.54) is 7.05 Å². The van der Waals surface area contributed by atoms with E-state index < -0.39 is 5.60 Å². The molecule has 7 heteroatoms. The molecular weight excluding hydrogens is 294 g/mol. The van der Waals surface area contributed by atoms with Crippen molar-refractivity contribution in [2.75, 3.05) is 20.1 Å². The molecule has 21 heavy (non-hydrogen) atoms.